The molecular formula is C33H45BrN2O5S. The van der Waals surface area contributed by atoms with Gasteiger partial charge in [-0.2, -0.15) is 0 Å². The predicted octanol–water partition coefficient (Wildman–Crippen LogP) is 5.01. The van der Waals surface area contributed by atoms with Crippen molar-refractivity contribution >= 4 is 45.5 Å². The Balaban J connectivity index is 1.84. The van der Waals surface area contributed by atoms with Crippen LogP contribution < -0.4 is 0 Å². The Morgan fingerprint density at radius 1 is 1.21 bits per heavy atom. The van der Waals surface area contributed by atoms with Crippen LogP contribution in [-0.2, 0) is 25.5 Å². The van der Waals surface area contributed by atoms with Crippen molar-refractivity contribution in [2.24, 2.45) is 17.3 Å². The Morgan fingerprint density at radius 3 is 2.45 bits per heavy atom. The van der Waals surface area contributed by atoms with E-state index in [0.717, 1.165) is 12.0 Å². The Morgan fingerprint density at radius 2 is 1.88 bits per heavy atom. The standard InChI is InChI=1S/C33H45BrN2O5S/c1-8-15-35(32(6,7)20-31(3,4)5)29(39)27-33-18-23(34)26(42-33)24(30(40)41-16-9-2)25(33)28(38)36(27)22(19-37)17-21-13-11-10-12-14-21/h8-14,22-27,37H,1-2,15-20H2,3-7H3/t22-,23?,24+,25+,26+,27?,33?/m1/s1. The highest BCUT2D eigenvalue weighted by Gasteiger charge is 2.77. The minimum Gasteiger partial charge on any atom is -0.461 e. The zero-order chi connectivity index (χ0) is 31.0. The zero-order valence-corrected chi connectivity index (χ0v) is 27.8. The first-order valence-corrected chi connectivity index (χ1v) is 16.5. The highest BCUT2D eigenvalue weighted by Crippen LogP contribution is 2.68. The number of nitrogens with zero attached hydrogens (tertiary/aromatic N) is 2. The zero-order valence-electron chi connectivity index (χ0n) is 25.4. The molecule has 3 heterocycles. The quantitative estimate of drug-likeness (QED) is 0.193. The normalized spacial score (nSPS) is 29.3. The van der Waals surface area contributed by atoms with E-state index in [0.29, 0.717) is 19.4 Å². The van der Waals surface area contributed by atoms with Gasteiger partial charge in [-0.05, 0) is 44.1 Å². The number of esters is 1. The predicted molar refractivity (Wildman–Crippen MR) is 171 cm³/mol. The second-order valence-electron chi connectivity index (χ2n) is 13.6. The van der Waals surface area contributed by atoms with Gasteiger partial charge in [0.1, 0.15) is 12.6 Å². The van der Waals surface area contributed by atoms with Crippen LogP contribution in [0.15, 0.2) is 55.6 Å². The second-order valence-corrected chi connectivity index (χ2v) is 16.4. The molecule has 0 aliphatic carbocycles. The molecule has 0 radical (unpaired) electrons. The van der Waals surface area contributed by atoms with Crippen LogP contribution in [0.25, 0.3) is 0 Å². The summed E-state index contributed by atoms with van der Waals surface area (Å²) in [6.45, 7) is 18.2. The van der Waals surface area contributed by atoms with Crippen molar-refractivity contribution in [3.63, 3.8) is 0 Å². The molecule has 7 atom stereocenters. The van der Waals surface area contributed by atoms with Crippen LogP contribution in [0.5, 0.6) is 0 Å². The van der Waals surface area contributed by atoms with Crippen LogP contribution in [0.2, 0.25) is 0 Å². The number of amides is 2. The summed E-state index contributed by atoms with van der Waals surface area (Å²) in [6, 6.07) is 8.19. The minimum absolute atomic E-state index is 0.0566. The van der Waals surface area contributed by atoms with E-state index in [-0.39, 0.29) is 40.5 Å². The number of aliphatic hydroxyl groups is 1. The summed E-state index contributed by atoms with van der Waals surface area (Å²) in [5.41, 5.74) is 0.356. The molecule has 4 rings (SSSR count). The van der Waals surface area contributed by atoms with Crippen LogP contribution in [0, 0.1) is 17.3 Å². The number of aliphatic hydroxyl groups excluding tert-OH is 1. The van der Waals surface area contributed by atoms with Gasteiger partial charge in [0.15, 0.2) is 0 Å². The number of halogens is 1. The van der Waals surface area contributed by atoms with Gasteiger partial charge in [0.2, 0.25) is 11.8 Å². The summed E-state index contributed by atoms with van der Waals surface area (Å²) in [5.74, 6) is -2.30. The molecule has 3 fully saturated rings. The maximum atomic E-state index is 15.0. The van der Waals surface area contributed by atoms with Gasteiger partial charge in [0.05, 0.1) is 29.2 Å². The minimum atomic E-state index is -0.859. The van der Waals surface area contributed by atoms with E-state index in [1.54, 1.807) is 22.7 Å². The Bertz CT molecular complexity index is 1200. The summed E-state index contributed by atoms with van der Waals surface area (Å²) in [6.07, 6.45) is 4.92. The molecule has 1 spiro atoms. The fourth-order valence-corrected chi connectivity index (χ4v) is 11.3. The first-order valence-electron chi connectivity index (χ1n) is 14.7. The highest BCUT2D eigenvalue weighted by molar-refractivity contribution is 9.09. The van der Waals surface area contributed by atoms with Gasteiger partial charge in [-0.1, -0.05) is 85.8 Å². The van der Waals surface area contributed by atoms with Gasteiger partial charge >= 0.3 is 5.97 Å². The molecule has 7 nitrogen and oxygen atoms in total. The van der Waals surface area contributed by atoms with Crippen LogP contribution >= 0.6 is 27.7 Å². The summed E-state index contributed by atoms with van der Waals surface area (Å²) in [4.78, 5) is 46.5. The molecule has 3 aliphatic heterocycles. The van der Waals surface area contributed by atoms with E-state index in [1.165, 1.54) is 6.08 Å². The number of ether oxygens (including phenoxy) is 1. The third-order valence-electron chi connectivity index (χ3n) is 8.77. The van der Waals surface area contributed by atoms with Gasteiger partial charge < -0.3 is 19.6 Å². The van der Waals surface area contributed by atoms with Crippen LogP contribution in [-0.4, -0.2) is 84.9 Å². The lowest BCUT2D eigenvalue weighted by molar-refractivity contribution is -0.153. The van der Waals surface area contributed by atoms with Gasteiger partial charge in [-0.3, -0.25) is 14.4 Å². The lowest BCUT2D eigenvalue weighted by atomic mass is 9.70. The van der Waals surface area contributed by atoms with Crippen LogP contribution in [0.4, 0.5) is 0 Å². The largest absolute Gasteiger partial charge is 0.461 e. The lowest BCUT2D eigenvalue weighted by Gasteiger charge is -2.46. The van der Waals surface area contributed by atoms with Gasteiger partial charge in [-0.15, -0.1) is 18.3 Å². The van der Waals surface area contributed by atoms with E-state index < -0.39 is 40.2 Å². The number of rotatable bonds is 12. The topological polar surface area (TPSA) is 87.1 Å². The first kappa shape index (κ1) is 32.8. The molecule has 1 aromatic rings. The van der Waals surface area contributed by atoms with Crippen molar-refractivity contribution in [1.82, 2.24) is 9.80 Å². The molecule has 3 saturated heterocycles. The fraction of sp³-hybridized carbons (Fsp3) is 0.606. The van der Waals surface area contributed by atoms with Crippen molar-refractivity contribution in [2.75, 3.05) is 19.8 Å². The molecule has 1 N–H and O–H groups in total. The number of thioether (sulfide) groups is 1. The molecule has 0 aromatic heterocycles. The van der Waals surface area contributed by atoms with Crippen molar-refractivity contribution in [3.8, 4) is 0 Å². The molecule has 0 saturated carbocycles. The summed E-state index contributed by atoms with van der Waals surface area (Å²) in [7, 11) is 0. The monoisotopic (exact) mass is 660 g/mol. The van der Waals surface area contributed by atoms with E-state index >= 15 is 4.79 Å². The van der Waals surface area contributed by atoms with Crippen molar-refractivity contribution in [2.45, 2.75) is 86.3 Å². The molecule has 2 amide bonds. The average Bonchev–Trinajstić information content (AvgIpc) is 3.51. The lowest BCUT2D eigenvalue weighted by Crippen LogP contribution is -2.62. The summed E-state index contributed by atoms with van der Waals surface area (Å²) >= 11 is 5.38. The number of carbonyl (C=O) groups excluding carboxylic acids is 3. The molecule has 9 heteroatoms. The molecule has 230 valence electrons. The van der Waals surface area contributed by atoms with Crippen LogP contribution in [0.1, 0.15) is 53.0 Å². The number of hydrogen-bond donors (Lipinski definition) is 1. The molecule has 3 aliphatic rings. The first-order chi connectivity index (χ1) is 19.7. The second kappa shape index (κ2) is 12.5. The van der Waals surface area contributed by atoms with E-state index in [4.69, 9.17) is 4.74 Å². The maximum absolute atomic E-state index is 15.0. The fourth-order valence-electron chi connectivity index (χ4n) is 7.69. The molecule has 1 aromatic carbocycles. The van der Waals surface area contributed by atoms with Crippen molar-refractivity contribution in [1.29, 1.82) is 0 Å². The van der Waals surface area contributed by atoms with E-state index in [2.05, 4.69) is 63.7 Å². The van der Waals surface area contributed by atoms with Crippen molar-refractivity contribution in [3.05, 3.63) is 61.2 Å². The number of likely N-dealkylation sites (tertiary alicyclic amines) is 1. The maximum Gasteiger partial charge on any atom is 0.311 e. The number of fused-ring (bicyclic) bond motifs is 1. The van der Waals surface area contributed by atoms with E-state index in [9.17, 15) is 14.7 Å². The van der Waals surface area contributed by atoms with Crippen LogP contribution in [0.3, 0.4) is 0 Å². The summed E-state index contributed by atoms with van der Waals surface area (Å²) < 4.78 is 4.68. The third-order valence-corrected chi connectivity index (χ3v) is 12.0. The van der Waals surface area contributed by atoms with E-state index in [1.807, 2.05) is 35.2 Å². The number of hydrogen-bond acceptors (Lipinski definition) is 6. The van der Waals surface area contributed by atoms with Gasteiger partial charge in [0, 0.05) is 22.2 Å². The molecular weight excluding hydrogens is 616 g/mol. The highest BCUT2D eigenvalue weighted by atomic mass is 79.9. The molecule has 42 heavy (non-hydrogen) atoms. The van der Waals surface area contributed by atoms with Gasteiger partial charge in [0.25, 0.3) is 0 Å². The Kier molecular flexibility index (Phi) is 9.75. The number of alkyl halides is 1. The average molecular weight is 662 g/mol. The summed E-state index contributed by atoms with van der Waals surface area (Å²) in [5, 5.41) is 10.5. The third kappa shape index (κ3) is 5.98. The number of carbonyl (C=O) groups is 3. The Labute approximate surface area is 263 Å². The molecule has 3 unspecified atom stereocenters. The Hall–Kier alpha value is -2.10. The van der Waals surface area contributed by atoms with Gasteiger partial charge in [-0.25, -0.2) is 0 Å². The SMILES string of the molecule is C=CCOC(=O)[C@H]1[C@H]2C(=O)N([C@@H](CO)Cc3ccccc3)C(C(=O)N(CC=C)C(C)(C)CC(C)(C)C)C23CC(Br)[C@@H]1S3. The molecule has 2 bridgehead atoms. The smallest absolute Gasteiger partial charge is 0.311 e. The number of benzene rings is 1. The van der Waals surface area contributed by atoms with Crippen molar-refractivity contribution < 1.29 is 24.2 Å².